The van der Waals surface area contributed by atoms with Crippen LogP contribution < -0.4 is 20.8 Å². The fraction of sp³-hybridized carbons (Fsp3) is 0.455. The van der Waals surface area contributed by atoms with Gasteiger partial charge in [-0.25, -0.2) is 18.9 Å². The molecular weight excluding hydrogens is 394 g/mol. The van der Waals surface area contributed by atoms with Crippen molar-refractivity contribution >= 4 is 23.1 Å². The first-order valence-electron chi connectivity index (χ1n) is 10.8. The number of aromatic nitrogens is 4. The van der Waals surface area contributed by atoms with Gasteiger partial charge >= 0.3 is 5.69 Å². The molecule has 9 nitrogen and oxygen atoms in total. The maximum Gasteiger partial charge on any atom is 0.350 e. The number of aryl methyl sites for hydroxylation is 1. The molecule has 0 saturated carbocycles. The molecule has 31 heavy (non-hydrogen) atoms. The Hall–Kier alpha value is -3.36. The van der Waals surface area contributed by atoms with Gasteiger partial charge in [0.1, 0.15) is 6.54 Å². The maximum atomic E-state index is 12.7. The Morgan fingerprint density at radius 1 is 1.10 bits per heavy atom. The molecule has 0 unspecified atom stereocenters. The van der Waals surface area contributed by atoms with Crippen LogP contribution in [0, 0.1) is 6.92 Å². The van der Waals surface area contributed by atoms with Gasteiger partial charge in [0.15, 0.2) is 5.82 Å². The molecule has 1 aliphatic heterocycles. The molecule has 0 spiro atoms. The van der Waals surface area contributed by atoms with Crippen LogP contribution in [0.2, 0.25) is 0 Å². The van der Waals surface area contributed by atoms with Crippen LogP contribution >= 0.6 is 0 Å². The van der Waals surface area contributed by atoms with E-state index >= 15 is 0 Å². The summed E-state index contributed by atoms with van der Waals surface area (Å²) in [5.41, 5.74) is 2.62. The van der Waals surface area contributed by atoms with Gasteiger partial charge in [-0.1, -0.05) is 31.0 Å². The lowest BCUT2D eigenvalue weighted by molar-refractivity contribution is -0.121. The van der Waals surface area contributed by atoms with Crippen LogP contribution in [0.4, 0.5) is 11.5 Å². The van der Waals surface area contributed by atoms with Gasteiger partial charge in [-0.3, -0.25) is 4.79 Å². The van der Waals surface area contributed by atoms with E-state index in [4.69, 9.17) is 0 Å². The second kappa shape index (κ2) is 9.20. The summed E-state index contributed by atoms with van der Waals surface area (Å²) in [5, 5.41) is 7.26. The third-order valence-electron chi connectivity index (χ3n) is 5.61. The predicted octanol–water partition coefficient (Wildman–Crippen LogP) is 1.44. The molecule has 0 bridgehead atoms. The standard InChI is InChI=1S/C22H29N7O2/c1-3-4-9-23-19(30)16-29-22(31)28-11-10-24-20(21(28)25-29)27-14-12-26(13-15-27)18-7-5-17(2)6-8-18/h5-8,10-11H,3-4,9,12-16H2,1-2H3,(H,23,30). The molecule has 1 saturated heterocycles. The number of nitrogens with one attached hydrogen (secondary N) is 1. The Labute approximate surface area is 181 Å². The molecule has 4 rings (SSSR count). The zero-order valence-electron chi connectivity index (χ0n) is 18.1. The van der Waals surface area contributed by atoms with Crippen LogP contribution in [0.3, 0.4) is 0 Å². The van der Waals surface area contributed by atoms with E-state index in [1.54, 1.807) is 12.4 Å². The summed E-state index contributed by atoms with van der Waals surface area (Å²) in [6, 6.07) is 8.55. The van der Waals surface area contributed by atoms with Crippen LogP contribution in [0.25, 0.3) is 5.65 Å². The molecule has 1 aliphatic rings. The molecule has 2 aromatic heterocycles. The Bertz CT molecular complexity index is 1100. The normalized spacial score (nSPS) is 14.3. The van der Waals surface area contributed by atoms with Crippen LogP contribution in [0.1, 0.15) is 25.3 Å². The van der Waals surface area contributed by atoms with Crippen molar-refractivity contribution in [3.63, 3.8) is 0 Å². The molecule has 1 amide bonds. The van der Waals surface area contributed by atoms with Gasteiger partial charge in [-0.15, -0.1) is 5.10 Å². The van der Waals surface area contributed by atoms with E-state index in [-0.39, 0.29) is 18.1 Å². The van der Waals surface area contributed by atoms with Gasteiger partial charge < -0.3 is 15.1 Å². The fourth-order valence-electron chi connectivity index (χ4n) is 3.79. The Morgan fingerprint density at radius 3 is 2.52 bits per heavy atom. The number of unbranched alkanes of at least 4 members (excludes halogenated alkanes) is 1. The average Bonchev–Trinajstić information content (AvgIpc) is 3.10. The Morgan fingerprint density at radius 2 is 1.81 bits per heavy atom. The van der Waals surface area contributed by atoms with Crippen LogP contribution in [-0.2, 0) is 11.3 Å². The van der Waals surface area contributed by atoms with Crippen LogP contribution in [-0.4, -0.2) is 57.8 Å². The number of nitrogens with zero attached hydrogens (tertiary/aromatic N) is 6. The van der Waals surface area contributed by atoms with E-state index in [0.29, 0.717) is 18.0 Å². The first-order chi connectivity index (χ1) is 15.1. The molecule has 0 radical (unpaired) electrons. The minimum absolute atomic E-state index is 0.0924. The molecule has 0 aliphatic carbocycles. The molecule has 9 heteroatoms. The lowest BCUT2D eigenvalue weighted by atomic mass is 10.2. The smallest absolute Gasteiger partial charge is 0.350 e. The molecule has 164 valence electrons. The van der Waals surface area contributed by atoms with Crippen molar-refractivity contribution in [2.45, 2.75) is 33.2 Å². The van der Waals surface area contributed by atoms with Crippen molar-refractivity contribution in [1.29, 1.82) is 0 Å². The molecule has 1 aromatic carbocycles. The summed E-state index contributed by atoms with van der Waals surface area (Å²) in [4.78, 5) is 33.9. The Balaban J connectivity index is 1.49. The third kappa shape index (κ3) is 4.55. The highest BCUT2D eigenvalue weighted by Crippen LogP contribution is 2.21. The molecule has 3 heterocycles. The minimum Gasteiger partial charge on any atom is -0.368 e. The van der Waals surface area contributed by atoms with E-state index in [1.165, 1.54) is 20.3 Å². The second-order valence-corrected chi connectivity index (χ2v) is 7.90. The number of hydrogen-bond donors (Lipinski definition) is 1. The highest BCUT2D eigenvalue weighted by atomic mass is 16.2. The SMILES string of the molecule is CCCCNC(=O)Cn1nc2c(N3CCN(c4ccc(C)cc4)CC3)nccn2c1=O. The van der Waals surface area contributed by atoms with E-state index in [1.807, 2.05) is 0 Å². The predicted molar refractivity (Wildman–Crippen MR) is 121 cm³/mol. The minimum atomic E-state index is -0.331. The van der Waals surface area contributed by atoms with Gasteiger partial charge in [0, 0.05) is 50.8 Å². The highest BCUT2D eigenvalue weighted by molar-refractivity contribution is 5.75. The molecule has 0 atom stereocenters. The quantitative estimate of drug-likeness (QED) is 0.579. The number of anilines is 2. The fourth-order valence-corrected chi connectivity index (χ4v) is 3.79. The number of piperazine rings is 1. The summed E-state index contributed by atoms with van der Waals surface area (Å²) < 4.78 is 2.68. The topological polar surface area (TPSA) is 87.8 Å². The van der Waals surface area contributed by atoms with Crippen molar-refractivity contribution in [2.75, 3.05) is 42.5 Å². The monoisotopic (exact) mass is 423 g/mol. The van der Waals surface area contributed by atoms with Crippen molar-refractivity contribution in [1.82, 2.24) is 24.5 Å². The zero-order chi connectivity index (χ0) is 21.8. The number of carbonyl (C=O) groups is 1. The van der Waals surface area contributed by atoms with Crippen molar-refractivity contribution in [3.8, 4) is 0 Å². The van der Waals surface area contributed by atoms with E-state index in [0.717, 1.165) is 39.0 Å². The van der Waals surface area contributed by atoms with Gasteiger partial charge in [0.2, 0.25) is 11.6 Å². The summed E-state index contributed by atoms with van der Waals surface area (Å²) in [5.74, 6) is 0.466. The summed E-state index contributed by atoms with van der Waals surface area (Å²) in [7, 11) is 0. The van der Waals surface area contributed by atoms with Crippen molar-refractivity contribution in [3.05, 3.63) is 52.7 Å². The third-order valence-corrected chi connectivity index (χ3v) is 5.61. The van der Waals surface area contributed by atoms with Crippen molar-refractivity contribution < 1.29 is 4.79 Å². The molecule has 1 fully saturated rings. The molecule has 3 aromatic rings. The highest BCUT2D eigenvalue weighted by Gasteiger charge is 2.22. The first kappa shape index (κ1) is 20.9. The van der Waals surface area contributed by atoms with E-state index < -0.39 is 0 Å². The number of benzene rings is 1. The summed E-state index contributed by atoms with van der Waals surface area (Å²) in [6.07, 6.45) is 5.13. The number of fused-ring (bicyclic) bond motifs is 1. The first-order valence-corrected chi connectivity index (χ1v) is 10.8. The van der Waals surface area contributed by atoms with Crippen LogP contribution in [0.5, 0.6) is 0 Å². The average molecular weight is 424 g/mol. The number of hydrogen-bond acceptors (Lipinski definition) is 6. The largest absolute Gasteiger partial charge is 0.368 e. The van der Waals surface area contributed by atoms with Gasteiger partial charge in [-0.05, 0) is 25.5 Å². The molecule has 1 N–H and O–H groups in total. The second-order valence-electron chi connectivity index (χ2n) is 7.90. The van der Waals surface area contributed by atoms with Gasteiger partial charge in [0.05, 0.1) is 0 Å². The Kier molecular flexibility index (Phi) is 6.20. The van der Waals surface area contributed by atoms with Gasteiger partial charge in [-0.2, -0.15) is 0 Å². The molecular formula is C22H29N7O2. The van der Waals surface area contributed by atoms with Gasteiger partial charge in [0.25, 0.3) is 0 Å². The van der Waals surface area contributed by atoms with Crippen LogP contribution in [0.15, 0.2) is 41.5 Å². The number of amides is 1. The zero-order valence-corrected chi connectivity index (χ0v) is 18.1. The van der Waals surface area contributed by atoms with E-state index in [2.05, 4.69) is 63.3 Å². The summed E-state index contributed by atoms with van der Waals surface area (Å²) in [6.45, 7) is 7.93. The number of carbonyl (C=O) groups excluding carboxylic acids is 1. The number of rotatable bonds is 7. The lowest BCUT2D eigenvalue weighted by Crippen LogP contribution is -2.47. The maximum absolute atomic E-state index is 12.7. The van der Waals surface area contributed by atoms with Crippen molar-refractivity contribution in [2.24, 2.45) is 0 Å². The summed E-state index contributed by atoms with van der Waals surface area (Å²) >= 11 is 0. The lowest BCUT2D eigenvalue weighted by Gasteiger charge is -2.36. The van der Waals surface area contributed by atoms with E-state index in [9.17, 15) is 9.59 Å².